The van der Waals surface area contributed by atoms with Crippen molar-refractivity contribution >= 4 is 17.9 Å². The van der Waals surface area contributed by atoms with Crippen molar-refractivity contribution in [3.05, 3.63) is 74.4 Å². The summed E-state index contributed by atoms with van der Waals surface area (Å²) >= 11 is 5.54. The van der Waals surface area contributed by atoms with Crippen LogP contribution >= 0.6 is 12.2 Å². The number of rotatable bonds is 4. The molecule has 0 fully saturated rings. The molecule has 1 aliphatic carbocycles. The lowest BCUT2D eigenvalue weighted by atomic mass is 9.96. The SMILES string of the molecule is O=[N+]([O-])c1cccc(-c2nc(=S)c3c(n2Cc2ccco2)CCCC3)c1. The summed E-state index contributed by atoms with van der Waals surface area (Å²) in [5.74, 6) is 1.46. The van der Waals surface area contributed by atoms with E-state index in [1.54, 1.807) is 18.4 Å². The maximum Gasteiger partial charge on any atom is 0.270 e. The van der Waals surface area contributed by atoms with E-state index in [1.807, 2.05) is 18.2 Å². The van der Waals surface area contributed by atoms with E-state index < -0.39 is 4.92 Å². The Morgan fingerprint density at radius 2 is 2.08 bits per heavy atom. The van der Waals surface area contributed by atoms with Gasteiger partial charge in [0.05, 0.1) is 17.7 Å². The number of nitro groups is 1. The van der Waals surface area contributed by atoms with Crippen molar-refractivity contribution in [3.63, 3.8) is 0 Å². The molecule has 26 heavy (non-hydrogen) atoms. The van der Waals surface area contributed by atoms with Gasteiger partial charge in [-0.3, -0.25) is 10.1 Å². The molecule has 0 amide bonds. The lowest BCUT2D eigenvalue weighted by Crippen LogP contribution is -2.18. The fourth-order valence-electron chi connectivity index (χ4n) is 3.48. The minimum Gasteiger partial charge on any atom is -0.467 e. The molecule has 0 N–H and O–H groups in total. The van der Waals surface area contributed by atoms with Crippen LogP contribution in [0.15, 0.2) is 47.1 Å². The first-order chi connectivity index (χ1) is 12.6. The first-order valence-corrected chi connectivity index (χ1v) is 8.94. The van der Waals surface area contributed by atoms with E-state index in [1.165, 1.54) is 6.07 Å². The first-order valence-electron chi connectivity index (χ1n) is 8.53. The molecule has 0 bridgehead atoms. The molecule has 0 atom stereocenters. The van der Waals surface area contributed by atoms with Crippen LogP contribution < -0.4 is 0 Å². The van der Waals surface area contributed by atoms with E-state index in [2.05, 4.69) is 9.55 Å². The van der Waals surface area contributed by atoms with Gasteiger partial charge in [-0.15, -0.1) is 0 Å². The van der Waals surface area contributed by atoms with Gasteiger partial charge in [-0.05, 0) is 37.8 Å². The highest BCUT2D eigenvalue weighted by Crippen LogP contribution is 2.29. The van der Waals surface area contributed by atoms with Crippen LogP contribution in [-0.4, -0.2) is 14.5 Å². The number of furan rings is 1. The topological polar surface area (TPSA) is 74.1 Å². The standard InChI is InChI=1S/C19H17N3O3S/c23-22(24)14-6-3-5-13(11-14)18-20-19(26)16-8-1-2-9-17(16)21(18)12-15-7-4-10-25-15/h3-7,10-11H,1-2,8-9,12H2. The number of hydrogen-bond acceptors (Lipinski definition) is 5. The number of aromatic nitrogens is 2. The molecule has 132 valence electrons. The molecule has 1 aliphatic rings. The minimum absolute atomic E-state index is 0.0393. The third-order valence-corrected chi connectivity index (χ3v) is 5.03. The Balaban J connectivity index is 1.93. The van der Waals surface area contributed by atoms with Gasteiger partial charge in [0, 0.05) is 29.0 Å². The summed E-state index contributed by atoms with van der Waals surface area (Å²) < 4.78 is 8.22. The highest BCUT2D eigenvalue weighted by molar-refractivity contribution is 7.71. The largest absolute Gasteiger partial charge is 0.467 e. The van der Waals surface area contributed by atoms with Crippen molar-refractivity contribution in [2.24, 2.45) is 0 Å². The van der Waals surface area contributed by atoms with Gasteiger partial charge in [0.2, 0.25) is 0 Å². The third kappa shape index (κ3) is 3.06. The lowest BCUT2D eigenvalue weighted by molar-refractivity contribution is -0.384. The Morgan fingerprint density at radius 1 is 1.23 bits per heavy atom. The van der Waals surface area contributed by atoms with Gasteiger partial charge in [0.25, 0.3) is 5.69 Å². The quantitative estimate of drug-likeness (QED) is 0.379. The molecule has 2 heterocycles. The van der Waals surface area contributed by atoms with Crippen molar-refractivity contribution in [1.29, 1.82) is 0 Å². The molecule has 6 nitrogen and oxygen atoms in total. The fraction of sp³-hybridized carbons (Fsp3) is 0.263. The van der Waals surface area contributed by atoms with Crippen LogP contribution in [0.5, 0.6) is 0 Å². The van der Waals surface area contributed by atoms with E-state index in [0.717, 1.165) is 42.7 Å². The van der Waals surface area contributed by atoms with Gasteiger partial charge in [-0.1, -0.05) is 24.4 Å². The van der Waals surface area contributed by atoms with Gasteiger partial charge in [-0.2, -0.15) is 0 Å². The molecular formula is C19H17N3O3S. The third-order valence-electron chi connectivity index (χ3n) is 4.70. The van der Waals surface area contributed by atoms with Crippen LogP contribution in [0.1, 0.15) is 29.9 Å². The van der Waals surface area contributed by atoms with Gasteiger partial charge in [0.1, 0.15) is 16.2 Å². The van der Waals surface area contributed by atoms with Crippen LogP contribution in [0, 0.1) is 14.8 Å². The molecule has 0 spiro atoms. The lowest BCUT2D eigenvalue weighted by Gasteiger charge is -2.24. The van der Waals surface area contributed by atoms with E-state index in [9.17, 15) is 10.1 Å². The summed E-state index contributed by atoms with van der Waals surface area (Å²) in [5.41, 5.74) is 3.00. The Morgan fingerprint density at radius 3 is 2.85 bits per heavy atom. The maximum absolute atomic E-state index is 11.2. The molecule has 0 saturated carbocycles. The van der Waals surface area contributed by atoms with Crippen LogP contribution in [0.25, 0.3) is 11.4 Å². The summed E-state index contributed by atoms with van der Waals surface area (Å²) in [4.78, 5) is 15.4. The highest BCUT2D eigenvalue weighted by atomic mass is 32.1. The Kier molecular flexibility index (Phi) is 4.38. The van der Waals surface area contributed by atoms with Crippen LogP contribution in [0.2, 0.25) is 0 Å². The van der Waals surface area contributed by atoms with Crippen molar-refractivity contribution in [2.75, 3.05) is 0 Å². The average Bonchev–Trinajstić information content (AvgIpc) is 3.17. The Bertz CT molecular complexity index is 1030. The summed E-state index contributed by atoms with van der Waals surface area (Å²) in [6.45, 7) is 0.524. The summed E-state index contributed by atoms with van der Waals surface area (Å²) in [6, 6.07) is 10.3. The van der Waals surface area contributed by atoms with Crippen LogP contribution in [0.4, 0.5) is 5.69 Å². The molecule has 0 saturated heterocycles. The molecule has 1 aromatic carbocycles. The van der Waals surface area contributed by atoms with Gasteiger partial charge >= 0.3 is 0 Å². The summed E-state index contributed by atoms with van der Waals surface area (Å²) in [7, 11) is 0. The molecule has 0 unspecified atom stereocenters. The maximum atomic E-state index is 11.2. The Labute approximate surface area is 155 Å². The van der Waals surface area contributed by atoms with E-state index in [0.29, 0.717) is 22.6 Å². The molecule has 3 aromatic rings. The molecule has 0 aliphatic heterocycles. The van der Waals surface area contributed by atoms with Crippen molar-refractivity contribution in [2.45, 2.75) is 32.2 Å². The van der Waals surface area contributed by atoms with Gasteiger partial charge in [0.15, 0.2) is 0 Å². The normalized spacial score (nSPS) is 13.4. The Hall–Kier alpha value is -2.80. The number of nitro benzene ring substituents is 1. The smallest absolute Gasteiger partial charge is 0.270 e. The van der Waals surface area contributed by atoms with Crippen molar-refractivity contribution in [3.8, 4) is 11.4 Å². The second kappa shape index (κ2) is 6.84. The number of benzene rings is 1. The first kappa shape index (κ1) is 16.7. The second-order valence-electron chi connectivity index (χ2n) is 6.35. The van der Waals surface area contributed by atoms with Crippen LogP contribution in [-0.2, 0) is 19.4 Å². The number of nitrogens with zero attached hydrogens (tertiary/aromatic N) is 3. The number of hydrogen-bond donors (Lipinski definition) is 0. The van der Waals surface area contributed by atoms with Gasteiger partial charge in [-0.25, -0.2) is 4.98 Å². The minimum atomic E-state index is -0.395. The summed E-state index contributed by atoms with van der Waals surface area (Å²) in [5, 5.41) is 11.2. The molecule has 4 rings (SSSR count). The highest BCUT2D eigenvalue weighted by Gasteiger charge is 2.21. The van der Waals surface area contributed by atoms with E-state index in [4.69, 9.17) is 16.6 Å². The predicted octanol–water partition coefficient (Wildman–Crippen LogP) is 4.71. The van der Waals surface area contributed by atoms with E-state index in [-0.39, 0.29) is 5.69 Å². The zero-order valence-electron chi connectivity index (χ0n) is 14.1. The van der Waals surface area contributed by atoms with E-state index >= 15 is 0 Å². The zero-order valence-corrected chi connectivity index (χ0v) is 14.9. The average molecular weight is 367 g/mol. The number of fused-ring (bicyclic) bond motifs is 1. The predicted molar refractivity (Wildman–Crippen MR) is 99.6 cm³/mol. The molecule has 2 aromatic heterocycles. The molecular weight excluding hydrogens is 350 g/mol. The fourth-order valence-corrected chi connectivity index (χ4v) is 3.78. The molecule has 0 radical (unpaired) electrons. The van der Waals surface area contributed by atoms with Crippen LogP contribution in [0.3, 0.4) is 0 Å². The second-order valence-corrected chi connectivity index (χ2v) is 6.73. The zero-order chi connectivity index (χ0) is 18.1. The number of non-ortho nitro benzene ring substituents is 1. The monoisotopic (exact) mass is 367 g/mol. The molecule has 7 heteroatoms. The van der Waals surface area contributed by atoms with Crippen molar-refractivity contribution < 1.29 is 9.34 Å². The van der Waals surface area contributed by atoms with Gasteiger partial charge < -0.3 is 8.98 Å². The summed E-state index contributed by atoms with van der Waals surface area (Å²) in [6.07, 6.45) is 5.69. The van der Waals surface area contributed by atoms with Crippen molar-refractivity contribution in [1.82, 2.24) is 9.55 Å².